The van der Waals surface area contributed by atoms with Crippen LogP contribution in [0.1, 0.15) is 10.4 Å². The molecule has 0 saturated heterocycles. The maximum atomic E-state index is 13.1. The van der Waals surface area contributed by atoms with E-state index in [1.807, 2.05) is 36.4 Å². The minimum absolute atomic E-state index is 0.327. The van der Waals surface area contributed by atoms with Gasteiger partial charge in [-0.25, -0.2) is 9.18 Å². The lowest BCUT2D eigenvalue weighted by Gasteiger charge is -2.14. The van der Waals surface area contributed by atoms with Crippen molar-refractivity contribution in [2.75, 3.05) is 19.5 Å². The van der Waals surface area contributed by atoms with Crippen molar-refractivity contribution in [3.63, 3.8) is 0 Å². The minimum Gasteiger partial charge on any atom is -0.496 e. The molecule has 1 N–H and O–H groups in total. The van der Waals surface area contributed by atoms with Gasteiger partial charge in [0.05, 0.1) is 25.5 Å². The number of anilines is 2. The smallest absolute Gasteiger partial charge is 0.339 e. The van der Waals surface area contributed by atoms with Gasteiger partial charge in [0, 0.05) is 11.3 Å². The molecule has 5 heteroatoms. The molecule has 3 aromatic carbocycles. The number of hydrogen-bond acceptors (Lipinski definition) is 4. The summed E-state index contributed by atoms with van der Waals surface area (Å²) in [5.41, 5.74) is 3.38. The van der Waals surface area contributed by atoms with Crippen LogP contribution in [0.3, 0.4) is 0 Å². The first kappa shape index (κ1) is 17.5. The van der Waals surface area contributed by atoms with Crippen molar-refractivity contribution in [3.05, 3.63) is 78.1 Å². The number of para-hydroxylation sites is 1. The number of hydrogen-bond donors (Lipinski definition) is 1. The van der Waals surface area contributed by atoms with E-state index in [4.69, 9.17) is 9.47 Å². The van der Waals surface area contributed by atoms with E-state index in [0.717, 1.165) is 16.9 Å². The van der Waals surface area contributed by atoms with E-state index in [1.165, 1.54) is 19.2 Å². The lowest BCUT2D eigenvalue weighted by Crippen LogP contribution is -2.06. The van der Waals surface area contributed by atoms with Gasteiger partial charge in [-0.15, -0.1) is 0 Å². The number of nitrogens with one attached hydrogen (secondary N) is 1. The molecular formula is C21H18FNO3. The summed E-state index contributed by atoms with van der Waals surface area (Å²) in [5.74, 6) is -0.0567. The van der Waals surface area contributed by atoms with E-state index in [2.05, 4.69) is 5.32 Å². The zero-order valence-corrected chi connectivity index (χ0v) is 14.5. The summed E-state index contributed by atoms with van der Waals surface area (Å²) in [5, 5.41) is 3.15. The Labute approximate surface area is 151 Å². The second-order valence-corrected chi connectivity index (χ2v) is 5.58. The molecule has 0 aliphatic carbocycles. The first-order chi connectivity index (χ1) is 12.6. The monoisotopic (exact) mass is 351 g/mol. The lowest BCUT2D eigenvalue weighted by atomic mass is 10.0. The highest BCUT2D eigenvalue weighted by molar-refractivity contribution is 5.98. The number of carbonyl (C=O) groups is 1. The summed E-state index contributed by atoms with van der Waals surface area (Å²) in [6.45, 7) is 0. The van der Waals surface area contributed by atoms with Gasteiger partial charge in [0.1, 0.15) is 11.6 Å². The molecule has 26 heavy (non-hydrogen) atoms. The van der Waals surface area contributed by atoms with Gasteiger partial charge in [0.25, 0.3) is 0 Å². The largest absolute Gasteiger partial charge is 0.496 e. The van der Waals surface area contributed by atoms with Crippen LogP contribution in [0.2, 0.25) is 0 Å². The number of esters is 1. The number of methoxy groups -OCH3 is 2. The van der Waals surface area contributed by atoms with E-state index < -0.39 is 5.97 Å². The Balaban J connectivity index is 2.06. The number of benzene rings is 3. The molecule has 132 valence electrons. The fourth-order valence-electron chi connectivity index (χ4n) is 2.68. The van der Waals surface area contributed by atoms with Crippen molar-refractivity contribution >= 4 is 17.3 Å². The standard InChI is InChI=1S/C21H18FNO3/c1-25-20-6-4-3-5-17(20)14-7-12-18(21(24)26-2)19(13-14)23-16-10-8-15(22)9-11-16/h3-13,23H,1-2H3. The summed E-state index contributed by atoms with van der Waals surface area (Å²) < 4.78 is 23.4. The average Bonchev–Trinajstić information content (AvgIpc) is 2.69. The Morgan fingerprint density at radius 2 is 1.69 bits per heavy atom. The molecule has 4 nitrogen and oxygen atoms in total. The predicted octanol–water partition coefficient (Wildman–Crippen LogP) is 5.03. The zero-order chi connectivity index (χ0) is 18.5. The summed E-state index contributed by atoms with van der Waals surface area (Å²) in [4.78, 5) is 12.1. The normalized spacial score (nSPS) is 10.3. The maximum absolute atomic E-state index is 13.1. The molecule has 0 atom stereocenters. The van der Waals surface area contributed by atoms with Crippen LogP contribution < -0.4 is 10.1 Å². The summed E-state index contributed by atoms with van der Waals surface area (Å²) in [7, 11) is 2.94. The fourth-order valence-corrected chi connectivity index (χ4v) is 2.68. The van der Waals surface area contributed by atoms with Crippen LogP contribution in [0, 0.1) is 5.82 Å². The van der Waals surface area contributed by atoms with Crippen molar-refractivity contribution in [2.24, 2.45) is 0 Å². The molecule has 0 heterocycles. The topological polar surface area (TPSA) is 47.6 Å². The number of halogens is 1. The molecule has 0 aliphatic rings. The third-order valence-corrected chi connectivity index (χ3v) is 3.97. The third kappa shape index (κ3) is 3.67. The van der Waals surface area contributed by atoms with Crippen molar-refractivity contribution in [2.45, 2.75) is 0 Å². The van der Waals surface area contributed by atoms with Gasteiger partial charge < -0.3 is 14.8 Å². The second kappa shape index (κ2) is 7.70. The quantitative estimate of drug-likeness (QED) is 0.655. The first-order valence-electron chi connectivity index (χ1n) is 8.00. The molecule has 0 radical (unpaired) electrons. The highest BCUT2D eigenvalue weighted by Gasteiger charge is 2.15. The van der Waals surface area contributed by atoms with Crippen LogP contribution in [0.5, 0.6) is 5.75 Å². The first-order valence-corrected chi connectivity index (χ1v) is 8.00. The molecule has 0 fully saturated rings. The molecule has 0 amide bonds. The molecule has 0 aliphatic heterocycles. The molecule has 3 rings (SSSR count). The van der Waals surface area contributed by atoms with Crippen LogP contribution in [0.15, 0.2) is 66.7 Å². The lowest BCUT2D eigenvalue weighted by molar-refractivity contribution is 0.0602. The third-order valence-electron chi connectivity index (χ3n) is 3.97. The van der Waals surface area contributed by atoms with E-state index in [1.54, 1.807) is 25.3 Å². The van der Waals surface area contributed by atoms with Crippen molar-refractivity contribution in [3.8, 4) is 16.9 Å². The Hall–Kier alpha value is -3.34. The SMILES string of the molecule is COC(=O)c1ccc(-c2ccccc2OC)cc1Nc1ccc(F)cc1. The van der Waals surface area contributed by atoms with E-state index in [0.29, 0.717) is 16.9 Å². The van der Waals surface area contributed by atoms with E-state index in [9.17, 15) is 9.18 Å². The summed E-state index contributed by atoms with van der Waals surface area (Å²) in [6.07, 6.45) is 0. The number of ether oxygens (including phenoxy) is 2. The van der Waals surface area contributed by atoms with Crippen LogP contribution >= 0.6 is 0 Å². The average molecular weight is 351 g/mol. The molecular weight excluding hydrogens is 333 g/mol. The van der Waals surface area contributed by atoms with Crippen LogP contribution in [-0.2, 0) is 4.74 Å². The van der Waals surface area contributed by atoms with Gasteiger partial charge in [-0.3, -0.25) is 0 Å². The molecule has 0 aromatic heterocycles. The van der Waals surface area contributed by atoms with Crippen LogP contribution in [0.25, 0.3) is 11.1 Å². The summed E-state index contributed by atoms with van der Waals surface area (Å²) >= 11 is 0. The van der Waals surface area contributed by atoms with E-state index in [-0.39, 0.29) is 5.82 Å². The van der Waals surface area contributed by atoms with Gasteiger partial charge in [0.15, 0.2) is 0 Å². The Morgan fingerprint density at radius 1 is 0.962 bits per heavy atom. The Kier molecular flexibility index (Phi) is 5.17. The molecule has 3 aromatic rings. The van der Waals surface area contributed by atoms with Gasteiger partial charge in [-0.2, -0.15) is 0 Å². The van der Waals surface area contributed by atoms with Gasteiger partial charge in [-0.1, -0.05) is 24.3 Å². The minimum atomic E-state index is -0.457. The highest BCUT2D eigenvalue weighted by atomic mass is 19.1. The number of carbonyl (C=O) groups excluding carboxylic acids is 1. The van der Waals surface area contributed by atoms with Crippen LogP contribution in [-0.4, -0.2) is 20.2 Å². The Bertz CT molecular complexity index is 923. The molecule has 0 bridgehead atoms. The van der Waals surface area contributed by atoms with E-state index >= 15 is 0 Å². The molecule has 0 unspecified atom stereocenters. The van der Waals surface area contributed by atoms with Crippen molar-refractivity contribution in [1.82, 2.24) is 0 Å². The van der Waals surface area contributed by atoms with Gasteiger partial charge in [-0.05, 0) is 48.0 Å². The highest BCUT2D eigenvalue weighted by Crippen LogP contribution is 2.33. The predicted molar refractivity (Wildman–Crippen MR) is 99.5 cm³/mol. The summed E-state index contributed by atoms with van der Waals surface area (Å²) in [6, 6.07) is 18.9. The van der Waals surface area contributed by atoms with Crippen molar-refractivity contribution < 1.29 is 18.7 Å². The van der Waals surface area contributed by atoms with Gasteiger partial charge in [0.2, 0.25) is 0 Å². The van der Waals surface area contributed by atoms with Crippen molar-refractivity contribution in [1.29, 1.82) is 0 Å². The second-order valence-electron chi connectivity index (χ2n) is 5.58. The Morgan fingerprint density at radius 3 is 2.38 bits per heavy atom. The maximum Gasteiger partial charge on any atom is 0.339 e. The fraction of sp³-hybridized carbons (Fsp3) is 0.0952. The number of rotatable bonds is 5. The van der Waals surface area contributed by atoms with Gasteiger partial charge >= 0.3 is 5.97 Å². The zero-order valence-electron chi connectivity index (χ0n) is 14.5. The molecule has 0 spiro atoms. The molecule has 0 saturated carbocycles. The van der Waals surface area contributed by atoms with Crippen LogP contribution in [0.4, 0.5) is 15.8 Å².